The number of nitrogens with zero attached hydrogens (tertiary/aromatic N) is 4. The molecule has 0 aliphatic carbocycles. The molecule has 0 spiro atoms. The molecule has 1 aromatic carbocycles. The summed E-state index contributed by atoms with van der Waals surface area (Å²) in [7, 11) is 0. The Labute approximate surface area is 163 Å². The Kier molecular flexibility index (Phi) is 4.35. The molecule has 2 aliphatic rings. The van der Waals surface area contributed by atoms with E-state index in [1.165, 1.54) is 12.8 Å². The van der Waals surface area contributed by atoms with Gasteiger partial charge in [-0.3, -0.25) is 4.98 Å². The van der Waals surface area contributed by atoms with Gasteiger partial charge in [0.2, 0.25) is 6.79 Å². The van der Waals surface area contributed by atoms with Gasteiger partial charge in [0.15, 0.2) is 23.1 Å². The van der Waals surface area contributed by atoms with E-state index in [1.807, 2.05) is 36.7 Å². The molecule has 1 saturated heterocycles. The lowest BCUT2D eigenvalue weighted by Crippen LogP contribution is -2.33. The fourth-order valence-electron chi connectivity index (χ4n) is 3.80. The van der Waals surface area contributed by atoms with Crippen LogP contribution in [0.3, 0.4) is 0 Å². The molecule has 2 aromatic heterocycles. The van der Waals surface area contributed by atoms with E-state index in [0.29, 0.717) is 6.54 Å². The van der Waals surface area contributed by atoms with Gasteiger partial charge in [-0.1, -0.05) is 13.0 Å². The molecule has 0 saturated carbocycles. The number of piperidine rings is 1. The van der Waals surface area contributed by atoms with Crippen LogP contribution in [0.15, 0.2) is 36.7 Å². The molecule has 3 aromatic rings. The highest BCUT2D eigenvalue weighted by atomic mass is 16.7. The number of ether oxygens (including phenoxy) is 2. The minimum Gasteiger partial charge on any atom is -0.454 e. The third kappa shape index (κ3) is 3.17. The van der Waals surface area contributed by atoms with E-state index >= 15 is 0 Å². The third-order valence-corrected chi connectivity index (χ3v) is 5.54. The van der Waals surface area contributed by atoms with Crippen molar-refractivity contribution in [2.75, 3.05) is 30.1 Å². The number of aromatic nitrogens is 3. The average molecular weight is 377 g/mol. The smallest absolute Gasteiger partial charge is 0.231 e. The predicted molar refractivity (Wildman–Crippen MR) is 108 cm³/mol. The number of pyridine rings is 1. The molecule has 0 amide bonds. The summed E-state index contributed by atoms with van der Waals surface area (Å²) in [5, 5.41) is 14.5. The minimum atomic E-state index is 0.282. The Morgan fingerprint density at radius 2 is 1.93 bits per heavy atom. The Morgan fingerprint density at radius 3 is 2.82 bits per heavy atom. The summed E-state index contributed by atoms with van der Waals surface area (Å²) in [6.07, 6.45) is 6.07. The number of hydrogen-bond donors (Lipinski definition) is 1. The normalized spacial score (nSPS) is 16.5. The molecule has 0 atom stereocenters. The van der Waals surface area contributed by atoms with Crippen molar-refractivity contribution in [2.24, 2.45) is 5.92 Å². The van der Waals surface area contributed by atoms with Crippen molar-refractivity contribution >= 4 is 22.4 Å². The van der Waals surface area contributed by atoms with Gasteiger partial charge in [0, 0.05) is 42.8 Å². The Balaban J connectivity index is 1.40. The molecule has 1 fully saturated rings. The van der Waals surface area contributed by atoms with E-state index in [4.69, 9.17) is 9.47 Å². The van der Waals surface area contributed by atoms with Crippen molar-refractivity contribution in [1.82, 2.24) is 15.2 Å². The SMILES string of the molecule is CC1CCN(c2nnc(NCc3ccc4c(c3)OCO4)c3cnccc23)CC1. The summed E-state index contributed by atoms with van der Waals surface area (Å²) in [6, 6.07) is 7.98. The van der Waals surface area contributed by atoms with Crippen molar-refractivity contribution < 1.29 is 9.47 Å². The maximum absolute atomic E-state index is 5.46. The molecule has 144 valence electrons. The van der Waals surface area contributed by atoms with Crippen LogP contribution in [0.5, 0.6) is 11.5 Å². The van der Waals surface area contributed by atoms with Crippen LogP contribution in [-0.2, 0) is 6.54 Å². The van der Waals surface area contributed by atoms with Gasteiger partial charge < -0.3 is 19.7 Å². The highest BCUT2D eigenvalue weighted by molar-refractivity contribution is 5.98. The van der Waals surface area contributed by atoms with Crippen LogP contribution >= 0.6 is 0 Å². The fourth-order valence-corrected chi connectivity index (χ4v) is 3.80. The minimum absolute atomic E-state index is 0.282. The molecule has 0 radical (unpaired) electrons. The van der Waals surface area contributed by atoms with Gasteiger partial charge in [-0.2, -0.15) is 0 Å². The van der Waals surface area contributed by atoms with Gasteiger partial charge in [-0.15, -0.1) is 10.2 Å². The van der Waals surface area contributed by atoms with Gasteiger partial charge in [-0.25, -0.2) is 0 Å². The predicted octanol–water partition coefficient (Wildman–Crippen LogP) is 3.60. The average Bonchev–Trinajstić information content (AvgIpc) is 3.20. The first-order valence-corrected chi connectivity index (χ1v) is 9.75. The highest BCUT2D eigenvalue weighted by Crippen LogP contribution is 2.33. The quantitative estimate of drug-likeness (QED) is 0.745. The second-order valence-corrected chi connectivity index (χ2v) is 7.50. The lowest BCUT2D eigenvalue weighted by Gasteiger charge is -2.31. The molecule has 28 heavy (non-hydrogen) atoms. The third-order valence-electron chi connectivity index (χ3n) is 5.54. The molecule has 0 bridgehead atoms. The standard InChI is InChI=1S/C21H23N5O2/c1-14-5-8-26(9-6-14)21-16-4-7-22-12-17(16)20(24-25-21)23-11-15-2-3-18-19(10-15)28-13-27-18/h2-4,7,10,12,14H,5-6,8-9,11,13H2,1H3,(H,23,24). The van der Waals surface area contributed by atoms with Gasteiger partial charge >= 0.3 is 0 Å². The summed E-state index contributed by atoms with van der Waals surface area (Å²) >= 11 is 0. The van der Waals surface area contributed by atoms with E-state index in [9.17, 15) is 0 Å². The monoisotopic (exact) mass is 377 g/mol. The van der Waals surface area contributed by atoms with Gasteiger partial charge in [0.25, 0.3) is 0 Å². The Bertz CT molecular complexity index is 1000. The van der Waals surface area contributed by atoms with Gasteiger partial charge in [0.1, 0.15) is 0 Å². The van der Waals surface area contributed by atoms with Gasteiger partial charge in [-0.05, 0) is 42.5 Å². The van der Waals surface area contributed by atoms with Crippen molar-refractivity contribution in [3.8, 4) is 11.5 Å². The zero-order chi connectivity index (χ0) is 18.9. The summed E-state index contributed by atoms with van der Waals surface area (Å²) < 4.78 is 10.8. The van der Waals surface area contributed by atoms with Crippen molar-refractivity contribution in [3.63, 3.8) is 0 Å². The van der Waals surface area contributed by atoms with Crippen LogP contribution in [0.25, 0.3) is 10.8 Å². The largest absolute Gasteiger partial charge is 0.454 e. The van der Waals surface area contributed by atoms with E-state index in [2.05, 4.69) is 32.3 Å². The van der Waals surface area contributed by atoms with Crippen LogP contribution in [0.1, 0.15) is 25.3 Å². The zero-order valence-corrected chi connectivity index (χ0v) is 15.9. The van der Waals surface area contributed by atoms with E-state index in [-0.39, 0.29) is 6.79 Å². The number of anilines is 2. The number of fused-ring (bicyclic) bond motifs is 2. The van der Waals surface area contributed by atoms with Crippen LogP contribution in [0.2, 0.25) is 0 Å². The maximum atomic E-state index is 5.46. The maximum Gasteiger partial charge on any atom is 0.231 e. The first-order valence-electron chi connectivity index (χ1n) is 9.75. The molecule has 1 N–H and O–H groups in total. The van der Waals surface area contributed by atoms with Crippen molar-refractivity contribution in [2.45, 2.75) is 26.3 Å². The fraction of sp³-hybridized carbons (Fsp3) is 0.381. The Hall–Kier alpha value is -3.09. The molecule has 7 nitrogen and oxygen atoms in total. The molecule has 4 heterocycles. The van der Waals surface area contributed by atoms with E-state index in [0.717, 1.165) is 58.5 Å². The van der Waals surface area contributed by atoms with Gasteiger partial charge in [0.05, 0.1) is 0 Å². The van der Waals surface area contributed by atoms with Crippen molar-refractivity contribution in [3.05, 3.63) is 42.2 Å². The molecule has 5 rings (SSSR count). The summed E-state index contributed by atoms with van der Waals surface area (Å²) in [4.78, 5) is 6.66. The van der Waals surface area contributed by atoms with E-state index in [1.54, 1.807) is 0 Å². The topological polar surface area (TPSA) is 72.4 Å². The number of hydrogen-bond acceptors (Lipinski definition) is 7. The lowest BCUT2D eigenvalue weighted by atomic mass is 9.99. The zero-order valence-electron chi connectivity index (χ0n) is 15.9. The summed E-state index contributed by atoms with van der Waals surface area (Å²) in [5.74, 6) is 4.05. The van der Waals surface area contributed by atoms with E-state index < -0.39 is 0 Å². The summed E-state index contributed by atoms with van der Waals surface area (Å²) in [5.41, 5.74) is 1.09. The van der Waals surface area contributed by atoms with Crippen LogP contribution in [0.4, 0.5) is 11.6 Å². The number of benzene rings is 1. The first-order chi connectivity index (χ1) is 13.8. The number of rotatable bonds is 4. The van der Waals surface area contributed by atoms with Crippen LogP contribution in [-0.4, -0.2) is 35.1 Å². The van der Waals surface area contributed by atoms with Crippen molar-refractivity contribution in [1.29, 1.82) is 0 Å². The van der Waals surface area contributed by atoms with Crippen LogP contribution in [0, 0.1) is 5.92 Å². The Morgan fingerprint density at radius 1 is 1.07 bits per heavy atom. The first kappa shape index (κ1) is 17.0. The highest BCUT2D eigenvalue weighted by Gasteiger charge is 2.20. The molecule has 0 unspecified atom stereocenters. The molecule has 2 aliphatic heterocycles. The lowest BCUT2D eigenvalue weighted by molar-refractivity contribution is 0.174. The molecule has 7 heteroatoms. The second-order valence-electron chi connectivity index (χ2n) is 7.50. The second kappa shape index (κ2) is 7.14. The molecular formula is C21H23N5O2. The number of nitrogens with one attached hydrogen (secondary N) is 1. The molecular weight excluding hydrogens is 354 g/mol. The van der Waals surface area contributed by atoms with Crippen LogP contribution < -0.4 is 19.7 Å². The summed E-state index contributed by atoms with van der Waals surface area (Å²) in [6.45, 7) is 5.27.